The van der Waals surface area contributed by atoms with E-state index in [9.17, 15) is 4.79 Å². The Morgan fingerprint density at radius 3 is 2.76 bits per heavy atom. The van der Waals surface area contributed by atoms with Crippen LogP contribution in [0.5, 0.6) is 5.75 Å². The van der Waals surface area contributed by atoms with E-state index >= 15 is 0 Å². The molecule has 1 fully saturated rings. The van der Waals surface area contributed by atoms with Crippen molar-refractivity contribution in [3.8, 4) is 5.75 Å². The summed E-state index contributed by atoms with van der Waals surface area (Å²) in [5.41, 5.74) is 11.5. The first-order chi connectivity index (χ1) is 8.08. The molecule has 0 bridgehead atoms. The van der Waals surface area contributed by atoms with Crippen molar-refractivity contribution in [2.24, 2.45) is 11.5 Å². The molecular formula is C12H15ClN2O2. The van der Waals surface area contributed by atoms with Crippen LogP contribution in [0.1, 0.15) is 29.6 Å². The molecule has 4 nitrogen and oxygen atoms in total. The Bertz CT molecular complexity index is 437. The molecule has 17 heavy (non-hydrogen) atoms. The summed E-state index contributed by atoms with van der Waals surface area (Å²) >= 11 is 5.88. The van der Waals surface area contributed by atoms with Crippen LogP contribution in [0.4, 0.5) is 0 Å². The van der Waals surface area contributed by atoms with E-state index in [1.165, 1.54) is 0 Å². The van der Waals surface area contributed by atoms with Gasteiger partial charge in [0.15, 0.2) is 0 Å². The van der Waals surface area contributed by atoms with Crippen molar-refractivity contribution in [1.82, 2.24) is 0 Å². The van der Waals surface area contributed by atoms with E-state index in [0.717, 1.165) is 19.3 Å². The van der Waals surface area contributed by atoms with Gasteiger partial charge in [-0.05, 0) is 37.5 Å². The highest BCUT2D eigenvalue weighted by atomic mass is 35.5. The normalized spacial score (nSPS) is 23.6. The smallest absolute Gasteiger partial charge is 0.252 e. The number of rotatable bonds is 3. The van der Waals surface area contributed by atoms with E-state index in [1.54, 1.807) is 18.2 Å². The van der Waals surface area contributed by atoms with E-state index in [-0.39, 0.29) is 12.1 Å². The lowest BCUT2D eigenvalue weighted by molar-refractivity contribution is 0.0992. The van der Waals surface area contributed by atoms with Crippen LogP contribution in [0.3, 0.4) is 0 Å². The van der Waals surface area contributed by atoms with Gasteiger partial charge in [-0.2, -0.15) is 0 Å². The summed E-state index contributed by atoms with van der Waals surface area (Å²) in [5.74, 6) is -0.101. The minimum atomic E-state index is -0.525. The summed E-state index contributed by atoms with van der Waals surface area (Å²) in [6.45, 7) is 0. The Hall–Kier alpha value is -1.26. The highest BCUT2D eigenvalue weighted by Gasteiger charge is 2.26. The van der Waals surface area contributed by atoms with Gasteiger partial charge in [-0.15, -0.1) is 0 Å². The average molecular weight is 255 g/mol. The Balaban J connectivity index is 2.24. The molecule has 0 heterocycles. The topological polar surface area (TPSA) is 78.3 Å². The first-order valence-corrected chi connectivity index (χ1v) is 5.97. The third kappa shape index (κ3) is 2.70. The van der Waals surface area contributed by atoms with Gasteiger partial charge in [0.2, 0.25) is 0 Å². The van der Waals surface area contributed by atoms with Crippen LogP contribution in [-0.2, 0) is 0 Å². The molecule has 2 unspecified atom stereocenters. The fraction of sp³-hybridized carbons (Fsp3) is 0.417. The molecule has 0 aromatic heterocycles. The van der Waals surface area contributed by atoms with Gasteiger partial charge in [0.05, 0.1) is 5.56 Å². The number of primary amides is 1. The van der Waals surface area contributed by atoms with Crippen LogP contribution in [0.15, 0.2) is 18.2 Å². The summed E-state index contributed by atoms with van der Waals surface area (Å²) in [6.07, 6.45) is 2.81. The molecule has 1 saturated carbocycles. The van der Waals surface area contributed by atoms with Crippen molar-refractivity contribution >= 4 is 17.5 Å². The monoisotopic (exact) mass is 254 g/mol. The molecule has 1 aromatic carbocycles. The van der Waals surface area contributed by atoms with Crippen molar-refractivity contribution in [1.29, 1.82) is 0 Å². The summed E-state index contributed by atoms with van der Waals surface area (Å²) < 4.78 is 5.75. The number of benzene rings is 1. The average Bonchev–Trinajstić information content (AvgIpc) is 2.64. The van der Waals surface area contributed by atoms with Crippen LogP contribution < -0.4 is 16.2 Å². The fourth-order valence-electron chi connectivity index (χ4n) is 2.06. The van der Waals surface area contributed by atoms with Gasteiger partial charge < -0.3 is 16.2 Å². The molecule has 2 rings (SSSR count). The van der Waals surface area contributed by atoms with E-state index < -0.39 is 5.91 Å². The Labute approximate surface area is 105 Å². The van der Waals surface area contributed by atoms with E-state index in [1.807, 2.05) is 0 Å². The first kappa shape index (κ1) is 12.2. The summed E-state index contributed by atoms with van der Waals surface area (Å²) in [4.78, 5) is 11.3. The molecule has 92 valence electrons. The van der Waals surface area contributed by atoms with E-state index in [0.29, 0.717) is 16.3 Å². The number of hydrogen-bond donors (Lipinski definition) is 2. The molecule has 0 aliphatic heterocycles. The Morgan fingerprint density at radius 1 is 1.41 bits per heavy atom. The predicted octanol–water partition coefficient (Wildman–Crippen LogP) is 1.70. The number of nitrogens with two attached hydrogens (primary N) is 2. The van der Waals surface area contributed by atoms with Crippen molar-refractivity contribution in [3.05, 3.63) is 28.8 Å². The second kappa shape index (κ2) is 4.94. The lowest BCUT2D eigenvalue weighted by atomic mass is 10.1. The summed E-state index contributed by atoms with van der Waals surface area (Å²) in [5, 5.41) is 0.511. The minimum absolute atomic E-state index is 0.00899. The molecule has 1 aliphatic carbocycles. The van der Waals surface area contributed by atoms with E-state index in [4.69, 9.17) is 27.8 Å². The van der Waals surface area contributed by atoms with Gasteiger partial charge >= 0.3 is 0 Å². The maximum Gasteiger partial charge on any atom is 0.252 e. The van der Waals surface area contributed by atoms with Crippen molar-refractivity contribution in [2.75, 3.05) is 0 Å². The van der Waals surface area contributed by atoms with Crippen LogP contribution in [0.25, 0.3) is 0 Å². The summed E-state index contributed by atoms with van der Waals surface area (Å²) in [7, 11) is 0. The molecule has 4 N–H and O–H groups in total. The van der Waals surface area contributed by atoms with Gasteiger partial charge in [0, 0.05) is 11.1 Å². The highest BCUT2D eigenvalue weighted by molar-refractivity contribution is 6.30. The number of halogens is 1. The number of carbonyl (C=O) groups excluding carboxylic acids is 1. The van der Waals surface area contributed by atoms with Crippen molar-refractivity contribution in [2.45, 2.75) is 31.4 Å². The Morgan fingerprint density at radius 2 is 2.18 bits per heavy atom. The SMILES string of the molecule is NC(=O)c1ccc(Cl)cc1OC1CCCC1N. The zero-order valence-corrected chi connectivity index (χ0v) is 10.1. The van der Waals surface area contributed by atoms with Gasteiger partial charge in [-0.25, -0.2) is 0 Å². The maximum absolute atomic E-state index is 11.3. The molecule has 0 radical (unpaired) electrons. The zero-order valence-electron chi connectivity index (χ0n) is 9.36. The van der Waals surface area contributed by atoms with E-state index in [2.05, 4.69) is 0 Å². The molecule has 5 heteroatoms. The third-order valence-electron chi connectivity index (χ3n) is 2.99. The predicted molar refractivity (Wildman–Crippen MR) is 66.2 cm³/mol. The lowest BCUT2D eigenvalue weighted by Crippen LogP contribution is -2.34. The molecular weight excluding hydrogens is 240 g/mol. The Kier molecular flexibility index (Phi) is 3.54. The molecule has 0 spiro atoms. The molecule has 2 atom stereocenters. The maximum atomic E-state index is 11.3. The second-order valence-corrected chi connectivity index (χ2v) is 4.69. The molecule has 1 aromatic rings. The van der Waals surface area contributed by atoms with Gasteiger partial charge in [0.25, 0.3) is 5.91 Å². The molecule has 1 aliphatic rings. The number of ether oxygens (including phenoxy) is 1. The van der Waals surface area contributed by atoms with Gasteiger partial charge in [-0.1, -0.05) is 11.6 Å². The van der Waals surface area contributed by atoms with Crippen molar-refractivity contribution < 1.29 is 9.53 Å². The van der Waals surface area contributed by atoms with Gasteiger partial charge in [0.1, 0.15) is 11.9 Å². The van der Waals surface area contributed by atoms with Crippen molar-refractivity contribution in [3.63, 3.8) is 0 Å². The standard InChI is InChI=1S/C12H15ClN2O2/c13-7-4-5-8(12(15)16)11(6-7)17-10-3-1-2-9(10)14/h4-6,9-10H,1-3,14H2,(H2,15,16). The van der Waals surface area contributed by atoms with Crippen LogP contribution in [0, 0.1) is 0 Å². The number of carbonyl (C=O) groups is 1. The quantitative estimate of drug-likeness (QED) is 0.862. The van der Waals surface area contributed by atoms with Gasteiger partial charge in [-0.3, -0.25) is 4.79 Å². The third-order valence-corrected chi connectivity index (χ3v) is 3.23. The first-order valence-electron chi connectivity index (χ1n) is 5.59. The van der Waals surface area contributed by atoms with Crippen LogP contribution in [0.2, 0.25) is 5.02 Å². The highest BCUT2D eigenvalue weighted by Crippen LogP contribution is 2.28. The molecule has 1 amide bonds. The zero-order chi connectivity index (χ0) is 12.4. The minimum Gasteiger partial charge on any atom is -0.488 e. The lowest BCUT2D eigenvalue weighted by Gasteiger charge is -2.19. The van der Waals surface area contributed by atoms with Crippen LogP contribution >= 0.6 is 11.6 Å². The largest absolute Gasteiger partial charge is 0.488 e. The molecule has 0 saturated heterocycles. The fourth-order valence-corrected chi connectivity index (χ4v) is 2.22. The number of hydrogen-bond acceptors (Lipinski definition) is 3. The van der Waals surface area contributed by atoms with Crippen LogP contribution in [-0.4, -0.2) is 18.1 Å². The number of amides is 1. The summed E-state index contributed by atoms with van der Waals surface area (Å²) in [6, 6.07) is 4.80. The second-order valence-electron chi connectivity index (χ2n) is 4.26.